The van der Waals surface area contributed by atoms with Crippen molar-refractivity contribution in [3.63, 3.8) is 0 Å². The van der Waals surface area contributed by atoms with Gasteiger partial charge in [-0.15, -0.1) is 0 Å². The third-order valence-electron chi connectivity index (χ3n) is 21.0. The van der Waals surface area contributed by atoms with Crippen molar-refractivity contribution in [3.8, 4) is 68.3 Å². The molecule has 124 heavy (non-hydrogen) atoms. The number of pyridine rings is 3. The van der Waals surface area contributed by atoms with E-state index in [1.54, 1.807) is 54.8 Å². The highest BCUT2D eigenvalue weighted by atomic mass is 35.5. The second kappa shape index (κ2) is 42.7. The average molecular weight is 1850 g/mol. The van der Waals surface area contributed by atoms with E-state index in [4.69, 9.17) is 147 Å². The maximum Gasteiger partial charge on any atom is 0.243 e. The van der Waals surface area contributed by atoms with Crippen molar-refractivity contribution in [1.29, 1.82) is 0 Å². The van der Waals surface area contributed by atoms with Gasteiger partial charge in [0.2, 0.25) is 45.6 Å². The summed E-state index contributed by atoms with van der Waals surface area (Å²) in [5.41, 5.74) is 4.55. The summed E-state index contributed by atoms with van der Waals surface area (Å²) in [4.78, 5) is 82.6. The highest BCUT2D eigenvalue weighted by Crippen LogP contribution is 2.50. The van der Waals surface area contributed by atoms with Gasteiger partial charge in [0, 0.05) is 136 Å². The van der Waals surface area contributed by atoms with E-state index in [1.165, 1.54) is 73.7 Å². The second-order valence-electron chi connectivity index (χ2n) is 29.5. The predicted octanol–water partition coefficient (Wildman–Crippen LogP) is 12.1. The highest BCUT2D eigenvalue weighted by molar-refractivity contribution is 7.88. The number of sulfonamides is 1. The number of halogens is 6. The van der Waals surface area contributed by atoms with E-state index in [2.05, 4.69) is 81.5 Å². The number of amides is 3. The molecule has 9 aromatic rings. The molecular formula is C83H97Cl6N19O15S. The molecule has 0 radical (unpaired) electrons. The Kier molecular flexibility index (Phi) is 32.0. The van der Waals surface area contributed by atoms with Gasteiger partial charge in [-0.1, -0.05) is 89.3 Å². The molecule has 4 aliphatic heterocycles. The number of nitrogens with one attached hydrogen (secondary N) is 8. The van der Waals surface area contributed by atoms with Crippen LogP contribution in [0, 0.1) is 5.92 Å². The normalized spacial score (nSPS) is 18.7. The summed E-state index contributed by atoms with van der Waals surface area (Å²) in [5.74, 6) is 4.89. The van der Waals surface area contributed by atoms with Crippen LogP contribution in [-0.2, 0) is 43.4 Å². The number of fused-ring (bicyclic) bond motifs is 3. The van der Waals surface area contributed by atoms with Gasteiger partial charge in [0.05, 0.1) is 158 Å². The Morgan fingerprint density at radius 1 is 0.476 bits per heavy atom. The fourth-order valence-electron chi connectivity index (χ4n) is 14.3. The van der Waals surface area contributed by atoms with Crippen LogP contribution < -0.4 is 80.2 Å². The lowest BCUT2D eigenvalue weighted by Crippen LogP contribution is -2.52. The zero-order valence-corrected chi connectivity index (χ0v) is 75.0. The molecule has 4 saturated heterocycles. The van der Waals surface area contributed by atoms with Crippen LogP contribution in [0.5, 0.6) is 34.5 Å². The number of likely N-dealkylation sites (N-methyl/N-ethyl adjacent to an activating group) is 1. The standard InChI is InChI=1S/C28H32Cl2N6O5.C28H32Cl2N6O4.C27H33Cl2N7O6S/c1-4-22(37)33-17-7-9-40-14-19(17)35-28-32-12-15-10-18(23-24(29)20(38-2)11-21(39-3)25(23)30)34-27(26(15)36-28)31-13-16-6-5-8-41-16;1-5-22(37)32-17-8-9-40-14-19(17)34-28-31-12-16-10-18(23-24(29)20(38-3)11-21(39-4)25(23)30)33-27(26(16)35-28)36(2)13-15-6-7-15;1-6-21(37)32-16-7-10-42-14-18(16)34-27-30-13-15-11-17(22-23(28)19(40-3)12-20(41-4)24(22)29)33-26(25(15)35-27)36(2)9-8-31-43(5,38)39/h4,10-12,16-17,19H,1,5-9,13-14H2,2-3H3,(H,31,34)(H,33,37)(H,32,35,36);5,10-12,15,17,19H,1,6-9,13-14H2,2-4H3,(H,32,37)(H,31,34,35);6,11-13,16,18,31H,1,7-10,14H2,2-5H3,(H,32,37)(H,30,34,35)/t16?,17-,19+;17-,19+;16-,18+/m000/s1. The predicted molar refractivity (Wildman–Crippen MR) is 482 cm³/mol. The summed E-state index contributed by atoms with van der Waals surface area (Å²) in [6.45, 7) is 15.9. The van der Waals surface area contributed by atoms with Gasteiger partial charge >= 0.3 is 0 Å². The number of carbonyl (C=O) groups excluding carboxylic acids is 3. The van der Waals surface area contributed by atoms with Crippen molar-refractivity contribution >= 4 is 165 Å². The van der Waals surface area contributed by atoms with Crippen LogP contribution in [0.25, 0.3) is 66.5 Å². The minimum atomic E-state index is -3.40. The van der Waals surface area contributed by atoms with Crippen LogP contribution in [0.3, 0.4) is 0 Å². The van der Waals surface area contributed by atoms with Crippen LogP contribution in [0.15, 0.2) is 93.0 Å². The van der Waals surface area contributed by atoms with Gasteiger partial charge in [-0.2, -0.15) is 0 Å². The van der Waals surface area contributed by atoms with Crippen LogP contribution in [0.2, 0.25) is 30.1 Å². The molecule has 3 aromatic carbocycles. The molecule has 1 saturated carbocycles. The highest BCUT2D eigenvalue weighted by Gasteiger charge is 2.34. The molecule has 0 spiro atoms. The molecule has 14 rings (SSSR count). The Hall–Kier alpha value is -10.2. The molecule has 6 aromatic heterocycles. The summed E-state index contributed by atoms with van der Waals surface area (Å²) < 4.78 is 81.3. The molecule has 3 amide bonds. The average Bonchev–Trinajstić information content (AvgIpc) is 1.15. The maximum atomic E-state index is 12.0. The molecule has 662 valence electrons. The minimum absolute atomic E-state index is 0.0626. The van der Waals surface area contributed by atoms with E-state index in [0.717, 1.165) is 37.6 Å². The number of hydrogen-bond acceptors (Lipinski definition) is 30. The summed E-state index contributed by atoms with van der Waals surface area (Å²) in [6.07, 6.45) is 16.2. The maximum absolute atomic E-state index is 12.0. The molecule has 5 fully saturated rings. The third kappa shape index (κ3) is 22.7. The van der Waals surface area contributed by atoms with Gasteiger partial charge < -0.3 is 94.4 Å². The number of ether oxygens (including phenoxy) is 10. The lowest BCUT2D eigenvalue weighted by Gasteiger charge is -2.32. The quantitative estimate of drug-likeness (QED) is 0.0182. The molecule has 41 heteroatoms. The third-order valence-corrected chi connectivity index (χ3v) is 24.0. The first kappa shape index (κ1) is 93.0. The van der Waals surface area contributed by atoms with E-state index < -0.39 is 10.0 Å². The number of aromatic nitrogens is 9. The van der Waals surface area contributed by atoms with Crippen LogP contribution in [0.4, 0.5) is 35.3 Å². The van der Waals surface area contributed by atoms with E-state index >= 15 is 0 Å². The zero-order valence-electron chi connectivity index (χ0n) is 69.6. The number of hydrogen-bond donors (Lipinski definition) is 8. The van der Waals surface area contributed by atoms with Gasteiger partial charge in [-0.05, 0) is 87.3 Å². The second-order valence-corrected chi connectivity index (χ2v) is 33.6. The minimum Gasteiger partial charge on any atom is -0.495 e. The largest absolute Gasteiger partial charge is 0.495 e. The molecule has 7 atom stereocenters. The van der Waals surface area contributed by atoms with Gasteiger partial charge in [-0.25, -0.2) is 58.0 Å². The van der Waals surface area contributed by atoms with Crippen molar-refractivity contribution in [1.82, 2.24) is 65.5 Å². The van der Waals surface area contributed by atoms with E-state index in [1.807, 2.05) is 19.2 Å². The first-order valence-corrected chi connectivity index (χ1v) is 43.7. The van der Waals surface area contributed by atoms with Crippen LogP contribution in [0.1, 0.15) is 44.9 Å². The first-order chi connectivity index (χ1) is 59.7. The Morgan fingerprint density at radius 3 is 1.17 bits per heavy atom. The Morgan fingerprint density at radius 2 is 0.831 bits per heavy atom. The summed E-state index contributed by atoms with van der Waals surface area (Å²) >= 11 is 40.3. The smallest absolute Gasteiger partial charge is 0.243 e. The summed E-state index contributed by atoms with van der Waals surface area (Å²) in [6, 6.07) is 8.99. The van der Waals surface area contributed by atoms with Crippen LogP contribution in [-0.4, -0.2) is 249 Å². The summed E-state index contributed by atoms with van der Waals surface area (Å²) in [5, 5.41) is 26.0. The molecule has 0 bridgehead atoms. The molecule has 1 unspecified atom stereocenters. The lowest BCUT2D eigenvalue weighted by atomic mass is 10.0. The Bertz CT molecular complexity index is 5470. The molecule has 1 aliphatic carbocycles. The van der Waals surface area contributed by atoms with Gasteiger partial charge in [0.25, 0.3) is 0 Å². The number of methoxy groups -OCH3 is 6. The number of anilines is 6. The van der Waals surface area contributed by atoms with Gasteiger partial charge in [0.1, 0.15) is 51.0 Å². The number of rotatable bonds is 32. The topological polar surface area (TPSA) is 396 Å². The number of benzene rings is 3. The number of carbonyl (C=O) groups is 3. The van der Waals surface area contributed by atoms with Crippen molar-refractivity contribution in [2.45, 2.75) is 87.3 Å². The van der Waals surface area contributed by atoms with Gasteiger partial charge in [0.15, 0.2) is 17.5 Å². The Balaban J connectivity index is 0.000000170. The van der Waals surface area contributed by atoms with Crippen molar-refractivity contribution in [2.24, 2.45) is 5.92 Å². The van der Waals surface area contributed by atoms with E-state index in [0.29, 0.717) is 222 Å². The van der Waals surface area contributed by atoms with Crippen molar-refractivity contribution in [3.05, 3.63) is 123 Å². The number of nitrogens with zero attached hydrogens (tertiary/aromatic N) is 11. The fraction of sp³-hybridized carbons (Fsp3) is 0.422. The molecular weight excluding hydrogens is 1750 g/mol. The first-order valence-electron chi connectivity index (χ1n) is 39.6. The monoisotopic (exact) mass is 1840 g/mol. The van der Waals surface area contributed by atoms with Gasteiger partial charge in [-0.3, -0.25) is 14.4 Å². The zero-order chi connectivity index (χ0) is 88.6. The fourth-order valence-corrected chi connectivity index (χ4v) is 16.9. The van der Waals surface area contributed by atoms with Crippen LogP contribution >= 0.6 is 69.6 Å². The Labute approximate surface area is 747 Å². The SMILES string of the molecule is C=CC(=O)N[C@H]1CCOC[C@H]1Nc1ncc2cc(-c3c(Cl)c(OC)cc(OC)c3Cl)nc(N(C)CC3CC3)c2n1.C=CC(=O)N[C@H]1CCOC[C@H]1Nc1ncc2cc(-c3c(Cl)c(OC)cc(OC)c3Cl)nc(N(C)CCNS(C)(=O)=O)c2n1.C=CC(=O)N[C@H]1CCOC[C@H]1Nc1ncc2cc(-c3c(Cl)c(OC)cc(OC)c3Cl)nc(NCC3CCCO3)c2n1. The molecule has 34 nitrogen and oxygen atoms in total. The molecule has 5 aliphatic rings. The van der Waals surface area contributed by atoms with E-state index in [-0.39, 0.29) is 83.2 Å². The van der Waals surface area contributed by atoms with Crippen molar-refractivity contribution < 1.29 is 70.2 Å². The molecule has 10 heterocycles. The van der Waals surface area contributed by atoms with E-state index in [9.17, 15) is 22.8 Å². The van der Waals surface area contributed by atoms with Crippen molar-refractivity contribution in [2.75, 3.05) is 167 Å². The summed E-state index contributed by atoms with van der Waals surface area (Å²) in [7, 11) is 9.43. The molecule has 8 N–H and O–H groups in total. The lowest BCUT2D eigenvalue weighted by molar-refractivity contribution is -0.118.